The Morgan fingerprint density at radius 2 is 1.91 bits per heavy atom. The Labute approximate surface area is 205 Å². The Bertz CT molecular complexity index is 1140. The molecule has 0 saturated carbocycles. The summed E-state index contributed by atoms with van der Waals surface area (Å²) in [6, 6.07) is 9.83. The highest BCUT2D eigenvalue weighted by molar-refractivity contribution is 5.76. The van der Waals surface area contributed by atoms with E-state index in [1.54, 1.807) is 26.6 Å². The predicted molar refractivity (Wildman–Crippen MR) is 132 cm³/mol. The zero-order valence-corrected chi connectivity index (χ0v) is 20.3. The third kappa shape index (κ3) is 4.95. The van der Waals surface area contributed by atoms with Crippen LogP contribution >= 0.6 is 0 Å². The number of aromatic nitrogens is 3. The maximum Gasteiger partial charge on any atom is 0.317 e. The number of likely N-dealkylation sites (tertiary alicyclic amines) is 1. The Morgan fingerprint density at radius 3 is 2.66 bits per heavy atom. The quantitative estimate of drug-likeness (QED) is 0.567. The average Bonchev–Trinajstić information content (AvgIpc) is 3.33. The fraction of sp³-hybridized carbons (Fsp3) is 0.423. The normalized spacial score (nSPS) is 18.1. The minimum absolute atomic E-state index is 0.0146. The van der Waals surface area contributed by atoms with Crippen LogP contribution in [0.15, 0.2) is 42.7 Å². The molecular weight excluding hydrogens is 444 g/mol. The van der Waals surface area contributed by atoms with E-state index < -0.39 is 0 Å². The summed E-state index contributed by atoms with van der Waals surface area (Å²) >= 11 is 0. The van der Waals surface area contributed by atoms with Gasteiger partial charge in [0.05, 0.1) is 32.0 Å². The molecule has 2 N–H and O–H groups in total. The molecule has 0 aliphatic carbocycles. The molecule has 1 atom stereocenters. The van der Waals surface area contributed by atoms with Crippen LogP contribution in [0.3, 0.4) is 0 Å². The Morgan fingerprint density at radius 1 is 1.14 bits per heavy atom. The second-order valence-corrected chi connectivity index (χ2v) is 9.10. The summed E-state index contributed by atoms with van der Waals surface area (Å²) in [4.78, 5) is 21.6. The van der Waals surface area contributed by atoms with Gasteiger partial charge < -0.3 is 19.7 Å². The first-order valence-corrected chi connectivity index (χ1v) is 12.1. The number of rotatable bonds is 6. The van der Waals surface area contributed by atoms with Gasteiger partial charge in [-0.1, -0.05) is 6.07 Å². The molecule has 1 unspecified atom stereocenters. The molecule has 4 heterocycles. The van der Waals surface area contributed by atoms with Crippen molar-refractivity contribution < 1.29 is 14.3 Å². The maximum absolute atomic E-state index is 13.2. The first-order chi connectivity index (χ1) is 17.2. The van der Waals surface area contributed by atoms with Crippen molar-refractivity contribution in [3.8, 4) is 22.8 Å². The molecule has 1 fully saturated rings. The van der Waals surface area contributed by atoms with Crippen LogP contribution in [0.5, 0.6) is 11.5 Å². The van der Waals surface area contributed by atoms with E-state index in [4.69, 9.17) is 9.47 Å². The molecule has 2 amide bonds. The van der Waals surface area contributed by atoms with E-state index >= 15 is 0 Å². The number of hydrogen-bond acceptors (Lipinski definition) is 6. The zero-order valence-electron chi connectivity index (χ0n) is 20.3. The standard InChI is InChI=1S/C26H32N6O3/c1-34-23-6-3-7-24(35-2)21(23)16-31-13-4-5-19(15-31)28-26(33)32-14-10-22-20(17-32)25(30-29-22)18-8-11-27-12-9-18/h3,6-9,11-12,19H,4-5,10,13-17H2,1-2H3,(H,28,33)(H,29,30). The summed E-state index contributed by atoms with van der Waals surface area (Å²) in [6.45, 7) is 3.71. The number of carbonyl (C=O) groups is 1. The van der Waals surface area contributed by atoms with E-state index in [0.717, 1.165) is 78.5 Å². The first kappa shape index (κ1) is 23.2. The van der Waals surface area contributed by atoms with Crippen molar-refractivity contribution in [1.82, 2.24) is 30.3 Å². The van der Waals surface area contributed by atoms with Gasteiger partial charge >= 0.3 is 6.03 Å². The lowest BCUT2D eigenvalue weighted by Gasteiger charge is -2.35. The van der Waals surface area contributed by atoms with Gasteiger partial charge in [-0.25, -0.2) is 4.79 Å². The van der Waals surface area contributed by atoms with E-state index in [1.807, 2.05) is 35.2 Å². The monoisotopic (exact) mass is 476 g/mol. The van der Waals surface area contributed by atoms with Crippen molar-refractivity contribution >= 4 is 6.03 Å². The van der Waals surface area contributed by atoms with Gasteiger partial charge in [0.25, 0.3) is 0 Å². The van der Waals surface area contributed by atoms with Crippen LogP contribution in [0.1, 0.15) is 29.7 Å². The van der Waals surface area contributed by atoms with Crippen LogP contribution in [0.2, 0.25) is 0 Å². The fourth-order valence-corrected chi connectivity index (χ4v) is 5.11. The van der Waals surface area contributed by atoms with Crippen LogP contribution in [0.25, 0.3) is 11.3 Å². The van der Waals surface area contributed by atoms with Gasteiger partial charge in [0.1, 0.15) is 11.5 Å². The van der Waals surface area contributed by atoms with Crippen LogP contribution in [0, 0.1) is 0 Å². The predicted octanol–water partition coefficient (Wildman–Crippen LogP) is 3.22. The van der Waals surface area contributed by atoms with Gasteiger partial charge in [-0.3, -0.25) is 15.0 Å². The number of H-pyrrole nitrogens is 1. The largest absolute Gasteiger partial charge is 0.496 e. The molecule has 0 bridgehead atoms. The van der Waals surface area contributed by atoms with Crippen LogP contribution in [0.4, 0.5) is 4.79 Å². The molecule has 0 radical (unpaired) electrons. The summed E-state index contributed by atoms with van der Waals surface area (Å²) in [7, 11) is 3.36. The Balaban J connectivity index is 1.23. The summed E-state index contributed by atoms with van der Waals surface area (Å²) < 4.78 is 11.1. The van der Waals surface area contributed by atoms with Crippen molar-refractivity contribution in [3.05, 3.63) is 59.5 Å². The minimum Gasteiger partial charge on any atom is -0.496 e. The molecule has 3 aromatic rings. The van der Waals surface area contributed by atoms with Crippen molar-refractivity contribution in [1.29, 1.82) is 0 Å². The van der Waals surface area contributed by atoms with E-state index in [0.29, 0.717) is 13.1 Å². The van der Waals surface area contributed by atoms with E-state index in [2.05, 4.69) is 25.4 Å². The smallest absolute Gasteiger partial charge is 0.317 e. The molecule has 1 aromatic carbocycles. The summed E-state index contributed by atoms with van der Waals surface area (Å²) in [6.07, 6.45) is 6.29. The number of piperidine rings is 1. The number of aromatic amines is 1. The number of urea groups is 1. The fourth-order valence-electron chi connectivity index (χ4n) is 5.11. The van der Waals surface area contributed by atoms with Crippen molar-refractivity contribution in [2.24, 2.45) is 0 Å². The molecule has 9 heteroatoms. The molecule has 0 spiro atoms. The molecule has 35 heavy (non-hydrogen) atoms. The second-order valence-electron chi connectivity index (χ2n) is 9.10. The Hall–Kier alpha value is -3.59. The molecule has 184 valence electrons. The van der Waals surface area contributed by atoms with E-state index in [-0.39, 0.29) is 12.1 Å². The van der Waals surface area contributed by atoms with Gasteiger partial charge in [0, 0.05) is 61.3 Å². The van der Waals surface area contributed by atoms with Crippen LogP contribution in [-0.4, -0.2) is 70.9 Å². The molecule has 1 saturated heterocycles. The average molecular weight is 477 g/mol. The highest BCUT2D eigenvalue weighted by atomic mass is 16.5. The van der Waals surface area contributed by atoms with Gasteiger partial charge in [-0.15, -0.1) is 0 Å². The summed E-state index contributed by atoms with van der Waals surface area (Å²) in [5.41, 5.74) is 5.14. The van der Waals surface area contributed by atoms with Gasteiger partial charge in [-0.2, -0.15) is 5.10 Å². The zero-order chi connectivity index (χ0) is 24.2. The number of benzene rings is 1. The lowest BCUT2D eigenvalue weighted by Crippen LogP contribution is -2.52. The second kappa shape index (κ2) is 10.4. The Kier molecular flexibility index (Phi) is 6.85. The first-order valence-electron chi connectivity index (χ1n) is 12.1. The molecule has 9 nitrogen and oxygen atoms in total. The lowest BCUT2D eigenvalue weighted by atomic mass is 10.0. The van der Waals surface area contributed by atoms with Crippen molar-refractivity contribution in [2.45, 2.75) is 38.4 Å². The topological polar surface area (TPSA) is 95.6 Å². The number of amides is 2. The minimum atomic E-state index is -0.0146. The van der Waals surface area contributed by atoms with Crippen molar-refractivity contribution in [3.63, 3.8) is 0 Å². The number of nitrogens with one attached hydrogen (secondary N) is 2. The molecule has 2 aromatic heterocycles. The number of methoxy groups -OCH3 is 2. The number of hydrogen-bond donors (Lipinski definition) is 2. The number of carbonyl (C=O) groups excluding carboxylic acids is 1. The number of nitrogens with zero attached hydrogens (tertiary/aromatic N) is 4. The third-order valence-corrected chi connectivity index (χ3v) is 6.92. The highest BCUT2D eigenvalue weighted by Gasteiger charge is 2.29. The van der Waals surface area contributed by atoms with Crippen LogP contribution < -0.4 is 14.8 Å². The molecule has 5 rings (SSSR count). The number of ether oxygens (including phenoxy) is 2. The third-order valence-electron chi connectivity index (χ3n) is 6.92. The molecular formula is C26H32N6O3. The maximum atomic E-state index is 13.2. The molecule has 2 aliphatic heterocycles. The summed E-state index contributed by atoms with van der Waals surface area (Å²) in [5, 5.41) is 11.0. The highest BCUT2D eigenvalue weighted by Crippen LogP contribution is 2.31. The number of pyridine rings is 1. The van der Waals surface area contributed by atoms with E-state index in [1.165, 1.54) is 0 Å². The SMILES string of the molecule is COc1cccc(OC)c1CN1CCCC(NC(=O)N2CCc3[nH]nc(-c4ccncc4)c3C2)C1. The van der Waals surface area contributed by atoms with Crippen LogP contribution in [-0.2, 0) is 19.5 Å². The lowest BCUT2D eigenvalue weighted by molar-refractivity contribution is 0.159. The van der Waals surface area contributed by atoms with Gasteiger partial charge in [-0.05, 0) is 43.7 Å². The number of fused-ring (bicyclic) bond motifs is 1. The van der Waals surface area contributed by atoms with Gasteiger partial charge in [0.15, 0.2) is 0 Å². The van der Waals surface area contributed by atoms with E-state index in [9.17, 15) is 4.79 Å². The van der Waals surface area contributed by atoms with Gasteiger partial charge in [0.2, 0.25) is 0 Å². The van der Waals surface area contributed by atoms with Crippen molar-refractivity contribution in [2.75, 3.05) is 33.9 Å². The molecule has 2 aliphatic rings. The summed E-state index contributed by atoms with van der Waals surface area (Å²) in [5.74, 6) is 1.65.